The van der Waals surface area contributed by atoms with Gasteiger partial charge < -0.3 is 9.47 Å². The normalized spacial score (nSPS) is 42.8. The molecule has 4 fully saturated rings. The molecule has 4 aliphatic carbocycles. The standard InChI is InChI=1S/C31H50O5/c1-18(2)9-8-10-19(3)25-17-27(34)29-23-16-28(36-21(5)33)26-15-22(35-20(4)32)11-13-30(26,6)24(23)12-14-31(25,29)7/h18-19,22-26,28-29H,8-17H2,1-7H3/t19-,22-,23-,24+,25-,26-,28+,29-,30-,31-/m1/s1. The van der Waals surface area contributed by atoms with Crippen LogP contribution in [0.1, 0.15) is 113 Å². The fourth-order valence-electron chi connectivity index (χ4n) is 9.66. The van der Waals surface area contributed by atoms with Crippen LogP contribution >= 0.6 is 0 Å². The van der Waals surface area contributed by atoms with Crippen LogP contribution in [0.2, 0.25) is 0 Å². The van der Waals surface area contributed by atoms with Gasteiger partial charge in [-0.05, 0) is 78.9 Å². The molecule has 0 heterocycles. The highest BCUT2D eigenvalue weighted by Gasteiger charge is 2.65. The molecule has 0 amide bonds. The number of fused-ring (bicyclic) bond motifs is 5. The van der Waals surface area contributed by atoms with E-state index >= 15 is 0 Å². The molecule has 0 N–H and O–H groups in total. The first kappa shape index (κ1) is 27.6. The minimum absolute atomic E-state index is 0.00224. The summed E-state index contributed by atoms with van der Waals surface area (Å²) in [6.45, 7) is 14.7. The van der Waals surface area contributed by atoms with Crippen molar-refractivity contribution < 1.29 is 23.9 Å². The molecule has 10 atom stereocenters. The number of Topliss-reactive ketones (excluding diaryl/α,β-unsaturated/α-hetero) is 1. The van der Waals surface area contributed by atoms with E-state index in [1.54, 1.807) is 0 Å². The average molecular weight is 503 g/mol. The molecule has 0 aliphatic heterocycles. The SMILES string of the molecule is CC(=O)O[C@@H]1CC[C@@]2(C)[C@H](C1)[C@@H](OC(C)=O)C[C@@H]1[C@@H]2CC[C@]2(C)[C@@H]([C@H](C)CCCC(C)C)CC(=O)[C@@H]12. The van der Waals surface area contributed by atoms with E-state index in [1.807, 2.05) is 0 Å². The Bertz CT molecular complexity index is 850. The number of ketones is 1. The second kappa shape index (κ2) is 10.4. The van der Waals surface area contributed by atoms with Gasteiger partial charge in [-0.15, -0.1) is 0 Å². The van der Waals surface area contributed by atoms with Gasteiger partial charge in [0.25, 0.3) is 0 Å². The van der Waals surface area contributed by atoms with Crippen LogP contribution in [-0.4, -0.2) is 29.9 Å². The summed E-state index contributed by atoms with van der Waals surface area (Å²) in [6, 6.07) is 0. The molecule has 0 unspecified atom stereocenters. The van der Waals surface area contributed by atoms with Crippen molar-refractivity contribution in [3.05, 3.63) is 0 Å². The molecule has 0 aromatic heterocycles. The Morgan fingerprint density at radius 2 is 1.58 bits per heavy atom. The lowest BCUT2D eigenvalue weighted by atomic mass is 9.43. The van der Waals surface area contributed by atoms with E-state index < -0.39 is 0 Å². The Hall–Kier alpha value is -1.39. The minimum Gasteiger partial charge on any atom is -0.463 e. The Labute approximate surface area is 218 Å². The van der Waals surface area contributed by atoms with Gasteiger partial charge in [-0.2, -0.15) is 0 Å². The summed E-state index contributed by atoms with van der Waals surface area (Å²) in [6.07, 6.45) is 9.74. The molecule has 0 spiro atoms. The lowest BCUT2D eigenvalue weighted by molar-refractivity contribution is -0.197. The highest BCUT2D eigenvalue weighted by molar-refractivity contribution is 5.85. The summed E-state index contributed by atoms with van der Waals surface area (Å²) in [5, 5.41) is 0. The molecule has 204 valence electrons. The number of carbonyl (C=O) groups excluding carboxylic acids is 3. The summed E-state index contributed by atoms with van der Waals surface area (Å²) in [7, 11) is 0. The van der Waals surface area contributed by atoms with Gasteiger partial charge in [-0.1, -0.05) is 53.9 Å². The zero-order valence-electron chi connectivity index (χ0n) is 23.8. The Morgan fingerprint density at radius 3 is 2.22 bits per heavy atom. The quantitative estimate of drug-likeness (QED) is 0.360. The lowest BCUT2D eigenvalue weighted by Gasteiger charge is -2.62. The molecule has 5 heteroatoms. The third kappa shape index (κ3) is 5.01. The van der Waals surface area contributed by atoms with Gasteiger partial charge in [0.1, 0.15) is 18.0 Å². The maximum atomic E-state index is 13.8. The van der Waals surface area contributed by atoms with Crippen LogP contribution in [0, 0.1) is 52.3 Å². The van der Waals surface area contributed by atoms with Gasteiger partial charge >= 0.3 is 11.9 Å². The number of rotatable bonds is 7. The Balaban J connectivity index is 1.59. The van der Waals surface area contributed by atoms with Gasteiger partial charge in [-0.25, -0.2) is 0 Å². The molecule has 0 bridgehead atoms. The number of hydrogen-bond donors (Lipinski definition) is 0. The first-order valence-electron chi connectivity index (χ1n) is 14.7. The highest BCUT2D eigenvalue weighted by Crippen LogP contribution is 2.68. The first-order chi connectivity index (χ1) is 16.9. The Kier molecular flexibility index (Phi) is 7.99. The fraction of sp³-hybridized carbons (Fsp3) is 0.903. The van der Waals surface area contributed by atoms with Gasteiger partial charge in [0, 0.05) is 32.1 Å². The minimum atomic E-state index is -0.247. The predicted molar refractivity (Wildman–Crippen MR) is 140 cm³/mol. The second-order valence-electron chi connectivity index (χ2n) is 13.9. The van der Waals surface area contributed by atoms with Crippen LogP contribution in [0.3, 0.4) is 0 Å². The fourth-order valence-corrected chi connectivity index (χ4v) is 9.66. The third-order valence-electron chi connectivity index (χ3n) is 11.2. The average Bonchev–Trinajstić information content (AvgIpc) is 3.04. The zero-order valence-corrected chi connectivity index (χ0v) is 23.8. The van der Waals surface area contributed by atoms with E-state index in [-0.39, 0.29) is 52.7 Å². The lowest BCUT2D eigenvalue weighted by Crippen LogP contribution is -2.59. The molecular weight excluding hydrogens is 452 g/mol. The Morgan fingerprint density at radius 1 is 0.917 bits per heavy atom. The van der Waals surface area contributed by atoms with E-state index in [9.17, 15) is 14.4 Å². The number of carbonyl (C=O) groups is 3. The number of ether oxygens (including phenoxy) is 2. The zero-order chi connectivity index (χ0) is 26.4. The maximum Gasteiger partial charge on any atom is 0.302 e. The van der Waals surface area contributed by atoms with Crippen molar-refractivity contribution in [1.29, 1.82) is 0 Å². The number of esters is 2. The van der Waals surface area contributed by atoms with Gasteiger partial charge in [0.15, 0.2) is 0 Å². The van der Waals surface area contributed by atoms with Crippen LogP contribution in [0.25, 0.3) is 0 Å². The van der Waals surface area contributed by atoms with Crippen molar-refractivity contribution in [2.45, 2.75) is 125 Å². The summed E-state index contributed by atoms with van der Waals surface area (Å²) >= 11 is 0. The highest BCUT2D eigenvalue weighted by atomic mass is 16.5. The van der Waals surface area contributed by atoms with Crippen LogP contribution in [0.5, 0.6) is 0 Å². The predicted octanol–water partition coefficient (Wildman–Crippen LogP) is 6.76. The first-order valence-corrected chi connectivity index (χ1v) is 14.7. The maximum absolute atomic E-state index is 13.8. The molecular formula is C31H50O5. The van der Waals surface area contributed by atoms with Crippen molar-refractivity contribution in [1.82, 2.24) is 0 Å². The molecule has 4 rings (SSSR count). The van der Waals surface area contributed by atoms with Crippen molar-refractivity contribution >= 4 is 17.7 Å². The van der Waals surface area contributed by atoms with E-state index in [1.165, 1.54) is 33.1 Å². The van der Waals surface area contributed by atoms with Crippen molar-refractivity contribution in [2.24, 2.45) is 52.3 Å². The monoisotopic (exact) mass is 502 g/mol. The summed E-state index contributed by atoms with van der Waals surface area (Å²) in [4.78, 5) is 37.6. The molecule has 0 radical (unpaired) electrons. The molecule has 0 aromatic rings. The summed E-state index contributed by atoms with van der Waals surface area (Å²) in [5.74, 6) is 2.72. The van der Waals surface area contributed by atoms with E-state index in [2.05, 4.69) is 34.6 Å². The third-order valence-corrected chi connectivity index (χ3v) is 11.2. The summed E-state index contributed by atoms with van der Waals surface area (Å²) < 4.78 is 11.6. The van der Waals surface area contributed by atoms with Gasteiger partial charge in [0.2, 0.25) is 0 Å². The van der Waals surface area contributed by atoms with Crippen molar-refractivity contribution in [2.75, 3.05) is 0 Å². The molecule has 0 saturated heterocycles. The van der Waals surface area contributed by atoms with Crippen LogP contribution in [-0.2, 0) is 23.9 Å². The smallest absolute Gasteiger partial charge is 0.302 e. The van der Waals surface area contributed by atoms with E-state index in [0.717, 1.165) is 50.9 Å². The topological polar surface area (TPSA) is 69.7 Å². The van der Waals surface area contributed by atoms with Gasteiger partial charge in [0.05, 0.1) is 0 Å². The van der Waals surface area contributed by atoms with Gasteiger partial charge in [-0.3, -0.25) is 14.4 Å². The van der Waals surface area contributed by atoms with Crippen LogP contribution in [0.15, 0.2) is 0 Å². The van der Waals surface area contributed by atoms with E-state index in [4.69, 9.17) is 9.47 Å². The molecule has 4 aliphatic rings. The van der Waals surface area contributed by atoms with E-state index in [0.29, 0.717) is 23.5 Å². The van der Waals surface area contributed by atoms with Crippen molar-refractivity contribution in [3.8, 4) is 0 Å². The van der Waals surface area contributed by atoms with Crippen LogP contribution < -0.4 is 0 Å². The van der Waals surface area contributed by atoms with Crippen molar-refractivity contribution in [3.63, 3.8) is 0 Å². The van der Waals surface area contributed by atoms with Crippen LogP contribution in [0.4, 0.5) is 0 Å². The molecule has 5 nitrogen and oxygen atoms in total. The number of hydrogen-bond acceptors (Lipinski definition) is 5. The molecule has 36 heavy (non-hydrogen) atoms. The molecule has 0 aromatic carbocycles. The largest absolute Gasteiger partial charge is 0.463 e. The molecule has 4 saturated carbocycles. The summed E-state index contributed by atoms with van der Waals surface area (Å²) in [5.41, 5.74) is 0.0523. The second-order valence-corrected chi connectivity index (χ2v) is 13.9.